The molecular weight excluding hydrogens is 430 g/mol. The van der Waals surface area contributed by atoms with E-state index in [4.69, 9.17) is 5.41 Å². The number of benzene rings is 1. The molecule has 174 valence electrons. The van der Waals surface area contributed by atoms with Gasteiger partial charge in [-0.15, -0.1) is 0 Å². The number of nitrogens with zero attached hydrogens (tertiary/aromatic N) is 3. The lowest BCUT2D eigenvalue weighted by atomic mass is 9.83. The monoisotopic (exact) mass is 458 g/mol. The summed E-state index contributed by atoms with van der Waals surface area (Å²) in [6, 6.07) is 5.39. The molecule has 0 spiro atoms. The van der Waals surface area contributed by atoms with Crippen LogP contribution in [0.3, 0.4) is 0 Å². The van der Waals surface area contributed by atoms with Crippen LogP contribution in [-0.2, 0) is 0 Å². The molecule has 0 radical (unpaired) electrons. The van der Waals surface area contributed by atoms with Gasteiger partial charge in [0, 0.05) is 42.5 Å². The van der Waals surface area contributed by atoms with Crippen LogP contribution in [0.2, 0.25) is 0 Å². The summed E-state index contributed by atoms with van der Waals surface area (Å²) >= 11 is 0. The Kier molecular flexibility index (Phi) is 6.22. The van der Waals surface area contributed by atoms with Gasteiger partial charge in [-0.05, 0) is 68.4 Å². The molecule has 1 aromatic carbocycles. The predicted molar refractivity (Wildman–Crippen MR) is 130 cm³/mol. The Morgan fingerprint density at radius 2 is 1.88 bits per heavy atom. The zero-order chi connectivity index (χ0) is 23.7. The molecule has 0 atom stereocenters. The van der Waals surface area contributed by atoms with E-state index in [1.165, 1.54) is 36.5 Å². The third-order valence-electron chi connectivity index (χ3n) is 7.08. The Balaban J connectivity index is 1.40. The van der Waals surface area contributed by atoms with E-state index in [2.05, 4.69) is 40.0 Å². The normalized spacial score (nSPS) is 18.3. The minimum Gasteiger partial charge on any atom is -0.375 e. The molecule has 2 aliphatic carbocycles. The Morgan fingerprint density at radius 3 is 2.47 bits per heavy atom. The molecule has 1 N–H and O–H groups in total. The molecule has 1 aliphatic heterocycles. The van der Waals surface area contributed by atoms with Crippen molar-refractivity contribution in [2.24, 2.45) is 5.92 Å². The van der Waals surface area contributed by atoms with Crippen LogP contribution in [0.15, 0.2) is 77.4 Å². The molecule has 6 heteroatoms. The third-order valence-corrected chi connectivity index (χ3v) is 7.08. The van der Waals surface area contributed by atoms with Crippen molar-refractivity contribution < 1.29 is 8.78 Å². The highest BCUT2D eigenvalue weighted by atomic mass is 19.2. The van der Waals surface area contributed by atoms with Crippen LogP contribution >= 0.6 is 0 Å². The Morgan fingerprint density at radius 1 is 1.12 bits per heavy atom. The minimum atomic E-state index is -0.952. The minimum absolute atomic E-state index is 0.155. The second-order valence-electron chi connectivity index (χ2n) is 9.25. The van der Waals surface area contributed by atoms with Crippen molar-refractivity contribution in [1.29, 1.82) is 5.41 Å². The highest BCUT2D eigenvalue weighted by Crippen LogP contribution is 2.40. The van der Waals surface area contributed by atoms with Gasteiger partial charge in [0.05, 0.1) is 11.4 Å². The molecule has 34 heavy (non-hydrogen) atoms. The first kappa shape index (κ1) is 22.4. The number of hydrogen-bond acceptors (Lipinski definition) is 4. The third kappa shape index (κ3) is 4.63. The maximum absolute atomic E-state index is 13.9. The number of halogens is 2. The SMILES string of the molecule is C/C(=C(\C(=N)c1ccc(F)c(F)c1)c1ccncn1)C1CCN(C(CC2=CC=C2)=C2CC2)CC1. The second kappa shape index (κ2) is 9.45. The molecule has 5 rings (SSSR count). The number of rotatable bonds is 7. The lowest BCUT2D eigenvalue weighted by Crippen LogP contribution is -2.34. The van der Waals surface area contributed by atoms with Crippen LogP contribution in [0.4, 0.5) is 8.78 Å². The van der Waals surface area contributed by atoms with Crippen LogP contribution in [-0.4, -0.2) is 33.7 Å². The smallest absolute Gasteiger partial charge is 0.159 e. The molecule has 3 aliphatic rings. The maximum Gasteiger partial charge on any atom is 0.159 e. The van der Waals surface area contributed by atoms with Crippen LogP contribution < -0.4 is 0 Å². The molecule has 1 saturated heterocycles. The van der Waals surface area contributed by atoms with Gasteiger partial charge in [-0.2, -0.15) is 0 Å². The number of nitrogens with one attached hydrogen (secondary N) is 1. The number of piperidine rings is 1. The van der Waals surface area contributed by atoms with Gasteiger partial charge >= 0.3 is 0 Å². The van der Waals surface area contributed by atoms with E-state index >= 15 is 0 Å². The topological polar surface area (TPSA) is 52.9 Å². The van der Waals surface area contributed by atoms with Gasteiger partial charge in [-0.3, -0.25) is 5.41 Å². The maximum atomic E-state index is 13.9. The molecule has 0 bridgehead atoms. The largest absolute Gasteiger partial charge is 0.375 e. The van der Waals surface area contributed by atoms with E-state index in [0.717, 1.165) is 50.1 Å². The molecule has 1 aromatic heterocycles. The zero-order valence-corrected chi connectivity index (χ0v) is 19.3. The number of likely N-dealkylation sites (tertiary alicyclic amines) is 1. The average molecular weight is 459 g/mol. The number of aromatic nitrogens is 2. The summed E-state index contributed by atoms with van der Waals surface area (Å²) < 4.78 is 27.4. The van der Waals surface area contributed by atoms with Crippen molar-refractivity contribution in [3.8, 4) is 0 Å². The first-order valence-corrected chi connectivity index (χ1v) is 11.9. The molecule has 2 fully saturated rings. The summed E-state index contributed by atoms with van der Waals surface area (Å²) in [4.78, 5) is 11.0. The van der Waals surface area contributed by atoms with E-state index in [1.54, 1.807) is 17.8 Å². The van der Waals surface area contributed by atoms with E-state index in [1.807, 2.05) is 0 Å². The van der Waals surface area contributed by atoms with Crippen LogP contribution in [0.1, 0.15) is 50.3 Å². The predicted octanol–water partition coefficient (Wildman–Crippen LogP) is 6.24. The van der Waals surface area contributed by atoms with Crippen molar-refractivity contribution in [2.45, 2.75) is 39.0 Å². The summed E-state index contributed by atoms with van der Waals surface area (Å²) in [5.41, 5.74) is 7.37. The second-order valence-corrected chi connectivity index (χ2v) is 9.25. The van der Waals surface area contributed by atoms with Gasteiger partial charge in [0.1, 0.15) is 6.33 Å². The van der Waals surface area contributed by atoms with Gasteiger partial charge in [0.25, 0.3) is 0 Å². The van der Waals surface area contributed by atoms with E-state index in [-0.39, 0.29) is 5.71 Å². The highest BCUT2D eigenvalue weighted by Gasteiger charge is 2.29. The summed E-state index contributed by atoms with van der Waals surface area (Å²) in [6.07, 6.45) is 15.0. The quantitative estimate of drug-likeness (QED) is 0.500. The summed E-state index contributed by atoms with van der Waals surface area (Å²) in [5.74, 6) is -1.57. The van der Waals surface area contributed by atoms with Crippen LogP contribution in [0.25, 0.3) is 5.57 Å². The summed E-state index contributed by atoms with van der Waals surface area (Å²) in [7, 11) is 0. The fourth-order valence-corrected chi connectivity index (χ4v) is 4.90. The van der Waals surface area contributed by atoms with Gasteiger partial charge in [0.2, 0.25) is 0 Å². The molecule has 4 nitrogen and oxygen atoms in total. The van der Waals surface area contributed by atoms with Crippen LogP contribution in [0.5, 0.6) is 0 Å². The molecule has 2 aromatic rings. The average Bonchev–Trinajstić information content (AvgIpc) is 3.66. The van der Waals surface area contributed by atoms with Crippen molar-refractivity contribution in [3.05, 3.63) is 100 Å². The highest BCUT2D eigenvalue weighted by molar-refractivity contribution is 6.30. The fraction of sp³-hybridized carbons (Fsp3) is 0.321. The van der Waals surface area contributed by atoms with E-state index in [9.17, 15) is 8.78 Å². The van der Waals surface area contributed by atoms with Crippen LogP contribution in [0, 0.1) is 23.0 Å². The van der Waals surface area contributed by atoms with Gasteiger partial charge in [-0.1, -0.05) is 29.4 Å². The first-order valence-electron chi connectivity index (χ1n) is 11.9. The molecule has 1 saturated carbocycles. The summed E-state index contributed by atoms with van der Waals surface area (Å²) in [6.45, 7) is 4.01. The fourth-order valence-electron chi connectivity index (χ4n) is 4.90. The molecule has 0 unspecified atom stereocenters. The first-order chi connectivity index (χ1) is 16.5. The molecule has 0 amide bonds. The van der Waals surface area contributed by atoms with E-state index < -0.39 is 11.6 Å². The van der Waals surface area contributed by atoms with Crippen molar-refractivity contribution in [3.63, 3.8) is 0 Å². The number of hydrogen-bond donors (Lipinski definition) is 1. The van der Waals surface area contributed by atoms with Gasteiger partial charge < -0.3 is 4.90 Å². The molecule has 2 heterocycles. The standard InChI is InChI=1S/C28H28F2N4/c1-18(20-10-13-34(14-11-20)26(21-5-6-21)15-19-3-2-4-19)27(25-9-12-32-17-33-25)28(31)22-7-8-23(29)24(30)16-22/h2-4,7-9,12,16-17,20,31H,5-6,10-11,13-15H2,1H3/b27-18+,31-28?. The van der Waals surface area contributed by atoms with Gasteiger partial charge in [-0.25, -0.2) is 18.7 Å². The zero-order valence-electron chi connectivity index (χ0n) is 19.3. The van der Waals surface area contributed by atoms with Crippen molar-refractivity contribution in [2.75, 3.05) is 13.1 Å². The Labute approximate surface area is 198 Å². The Bertz CT molecular complexity index is 1230. The Hall–Kier alpha value is -3.41. The summed E-state index contributed by atoms with van der Waals surface area (Å²) in [5, 5.41) is 8.88. The molecular formula is C28H28F2N4. The number of allylic oxidation sites excluding steroid dienone is 7. The lowest BCUT2D eigenvalue weighted by molar-refractivity contribution is 0.241. The van der Waals surface area contributed by atoms with Gasteiger partial charge in [0.15, 0.2) is 11.6 Å². The van der Waals surface area contributed by atoms with E-state index in [0.29, 0.717) is 22.7 Å². The van der Waals surface area contributed by atoms with Crippen molar-refractivity contribution >= 4 is 11.3 Å². The van der Waals surface area contributed by atoms with Crippen molar-refractivity contribution in [1.82, 2.24) is 14.9 Å². The lowest BCUT2D eigenvalue weighted by Gasteiger charge is -2.37.